The van der Waals surface area contributed by atoms with E-state index in [0.29, 0.717) is 6.04 Å². The van der Waals surface area contributed by atoms with Crippen molar-refractivity contribution in [2.75, 3.05) is 24.5 Å². The number of hydrogen-bond donors (Lipinski definition) is 1. The Morgan fingerprint density at radius 3 is 2.79 bits per heavy atom. The van der Waals surface area contributed by atoms with E-state index in [4.69, 9.17) is 0 Å². The van der Waals surface area contributed by atoms with Crippen molar-refractivity contribution in [3.05, 3.63) is 41.5 Å². The maximum atomic E-state index is 3.52. The summed E-state index contributed by atoms with van der Waals surface area (Å²) in [5, 5.41) is 6.52. The van der Waals surface area contributed by atoms with Gasteiger partial charge in [0.25, 0.3) is 0 Å². The molecule has 0 amide bonds. The van der Waals surface area contributed by atoms with Gasteiger partial charge >= 0.3 is 0 Å². The minimum Gasteiger partial charge on any atom is -0.368 e. The molecule has 0 bridgehead atoms. The molecule has 1 N–H and O–H groups in total. The van der Waals surface area contributed by atoms with Crippen LogP contribution in [0.25, 0.3) is 10.8 Å². The van der Waals surface area contributed by atoms with Gasteiger partial charge in [-0.25, -0.2) is 0 Å². The zero-order valence-electron chi connectivity index (χ0n) is 11.4. The quantitative estimate of drug-likeness (QED) is 0.839. The molecule has 0 aromatic heterocycles. The molecule has 0 saturated carbocycles. The zero-order chi connectivity index (χ0) is 12.8. The van der Waals surface area contributed by atoms with E-state index in [1.54, 1.807) is 0 Å². The third-order valence-electron chi connectivity index (χ3n) is 4.56. The van der Waals surface area contributed by atoms with E-state index >= 15 is 0 Å². The molecule has 0 radical (unpaired) electrons. The molecule has 1 aliphatic heterocycles. The molecule has 4 rings (SSSR count). The van der Waals surface area contributed by atoms with E-state index in [-0.39, 0.29) is 0 Å². The monoisotopic (exact) mass is 252 g/mol. The van der Waals surface area contributed by atoms with Gasteiger partial charge in [-0.2, -0.15) is 0 Å². The molecule has 2 aromatic rings. The van der Waals surface area contributed by atoms with Gasteiger partial charge in [0.2, 0.25) is 0 Å². The third kappa shape index (κ3) is 1.74. The van der Waals surface area contributed by atoms with Gasteiger partial charge in [0.15, 0.2) is 0 Å². The molecule has 1 aliphatic carbocycles. The summed E-state index contributed by atoms with van der Waals surface area (Å²) in [6, 6.07) is 12.1. The highest BCUT2D eigenvalue weighted by molar-refractivity contribution is 5.99. The number of hydrogen-bond acceptors (Lipinski definition) is 2. The van der Waals surface area contributed by atoms with Crippen molar-refractivity contribution < 1.29 is 0 Å². The lowest BCUT2D eigenvalue weighted by Gasteiger charge is -2.34. The molecule has 1 saturated heterocycles. The van der Waals surface area contributed by atoms with Crippen molar-refractivity contribution in [3.63, 3.8) is 0 Å². The first-order chi connectivity index (χ1) is 9.33. The third-order valence-corrected chi connectivity index (χ3v) is 4.56. The Morgan fingerprint density at radius 2 is 1.95 bits per heavy atom. The summed E-state index contributed by atoms with van der Waals surface area (Å²) >= 11 is 0. The average Bonchev–Trinajstić information content (AvgIpc) is 2.85. The molecule has 2 heteroatoms. The molecule has 2 nitrogen and oxygen atoms in total. The zero-order valence-corrected chi connectivity index (χ0v) is 11.4. The van der Waals surface area contributed by atoms with Crippen LogP contribution in [-0.4, -0.2) is 25.7 Å². The van der Waals surface area contributed by atoms with Crippen LogP contribution >= 0.6 is 0 Å². The summed E-state index contributed by atoms with van der Waals surface area (Å²) in [7, 11) is 0. The standard InChI is InChI=1S/C17H20N2/c1-12-11-19(10-9-18-12)16-8-7-14-6-5-13-3-2-4-15(16)17(13)14/h2-4,7-8,12,18H,5-6,9-11H2,1H3/t12-/m1/s1. The van der Waals surface area contributed by atoms with Crippen molar-refractivity contribution in [1.82, 2.24) is 5.32 Å². The van der Waals surface area contributed by atoms with Gasteiger partial charge in [0, 0.05) is 36.7 Å². The lowest BCUT2D eigenvalue weighted by molar-refractivity contribution is 0.485. The maximum Gasteiger partial charge on any atom is 0.0447 e. The molecule has 98 valence electrons. The Morgan fingerprint density at radius 1 is 1.11 bits per heavy atom. The van der Waals surface area contributed by atoms with Gasteiger partial charge in [0.1, 0.15) is 0 Å². The number of aryl methyl sites for hydroxylation is 2. The van der Waals surface area contributed by atoms with Crippen LogP contribution in [0.5, 0.6) is 0 Å². The summed E-state index contributed by atoms with van der Waals surface area (Å²) < 4.78 is 0. The smallest absolute Gasteiger partial charge is 0.0447 e. The number of piperazine rings is 1. The van der Waals surface area contributed by atoms with Crippen LogP contribution in [0.4, 0.5) is 5.69 Å². The number of nitrogens with one attached hydrogen (secondary N) is 1. The molecule has 0 spiro atoms. The summed E-state index contributed by atoms with van der Waals surface area (Å²) in [5.41, 5.74) is 4.51. The predicted molar refractivity (Wildman–Crippen MR) is 81.0 cm³/mol. The normalized spacial score (nSPS) is 22.2. The van der Waals surface area contributed by atoms with E-state index in [2.05, 4.69) is 47.5 Å². The van der Waals surface area contributed by atoms with Gasteiger partial charge < -0.3 is 10.2 Å². The lowest BCUT2D eigenvalue weighted by atomic mass is 10.0. The highest BCUT2D eigenvalue weighted by atomic mass is 15.2. The van der Waals surface area contributed by atoms with Gasteiger partial charge in [0.05, 0.1) is 0 Å². The minimum atomic E-state index is 0.580. The summed E-state index contributed by atoms with van der Waals surface area (Å²) in [5.74, 6) is 0. The first kappa shape index (κ1) is 11.3. The van der Waals surface area contributed by atoms with Gasteiger partial charge in [-0.3, -0.25) is 0 Å². The lowest BCUT2D eigenvalue weighted by Crippen LogP contribution is -2.49. The highest BCUT2D eigenvalue weighted by Crippen LogP contribution is 2.36. The Kier molecular flexibility index (Phi) is 2.52. The predicted octanol–water partition coefficient (Wildman–Crippen LogP) is 2.74. The molecular formula is C17H20N2. The van der Waals surface area contributed by atoms with Crippen LogP contribution in [0.3, 0.4) is 0 Å². The first-order valence-electron chi connectivity index (χ1n) is 7.35. The van der Waals surface area contributed by atoms with Crippen LogP contribution in [0, 0.1) is 0 Å². The topological polar surface area (TPSA) is 15.3 Å². The fraction of sp³-hybridized carbons (Fsp3) is 0.412. The minimum absolute atomic E-state index is 0.580. The van der Waals surface area contributed by atoms with Crippen LogP contribution in [0.2, 0.25) is 0 Å². The van der Waals surface area contributed by atoms with Crippen molar-refractivity contribution in [3.8, 4) is 0 Å². The highest BCUT2D eigenvalue weighted by Gasteiger charge is 2.21. The second kappa shape index (κ2) is 4.24. The maximum absolute atomic E-state index is 3.52. The Balaban J connectivity index is 1.87. The number of benzene rings is 2. The number of anilines is 1. The molecule has 2 aliphatic rings. The Labute approximate surface area is 114 Å². The van der Waals surface area contributed by atoms with Crippen LogP contribution in [-0.2, 0) is 12.8 Å². The van der Waals surface area contributed by atoms with Crippen LogP contribution < -0.4 is 10.2 Å². The molecular weight excluding hydrogens is 232 g/mol. The second-order valence-corrected chi connectivity index (χ2v) is 5.88. The molecule has 1 heterocycles. The van der Waals surface area contributed by atoms with E-state index < -0.39 is 0 Å². The van der Waals surface area contributed by atoms with Crippen LogP contribution in [0.15, 0.2) is 30.3 Å². The fourth-order valence-corrected chi connectivity index (χ4v) is 3.66. The molecule has 1 fully saturated rings. The molecule has 1 atom stereocenters. The van der Waals surface area contributed by atoms with Crippen molar-refractivity contribution in [1.29, 1.82) is 0 Å². The molecule has 2 aromatic carbocycles. The number of nitrogens with zero attached hydrogens (tertiary/aromatic N) is 1. The van der Waals surface area contributed by atoms with Crippen LogP contribution in [0.1, 0.15) is 18.1 Å². The SMILES string of the molecule is C[C@@H]1CN(c2ccc3c4c(cccc24)CC3)CCN1. The van der Waals surface area contributed by atoms with E-state index in [1.807, 2.05) is 0 Å². The Hall–Kier alpha value is -1.54. The second-order valence-electron chi connectivity index (χ2n) is 5.88. The van der Waals surface area contributed by atoms with Crippen molar-refractivity contribution in [2.24, 2.45) is 0 Å². The van der Waals surface area contributed by atoms with Crippen molar-refractivity contribution in [2.45, 2.75) is 25.8 Å². The average molecular weight is 252 g/mol. The summed E-state index contributed by atoms with van der Waals surface area (Å²) in [6.07, 6.45) is 2.43. The van der Waals surface area contributed by atoms with E-state index in [1.165, 1.54) is 40.4 Å². The van der Waals surface area contributed by atoms with Gasteiger partial charge in [-0.1, -0.05) is 24.3 Å². The summed E-state index contributed by atoms with van der Waals surface area (Å²) in [6.45, 7) is 5.58. The van der Waals surface area contributed by atoms with Gasteiger partial charge in [-0.15, -0.1) is 0 Å². The molecule has 0 unspecified atom stereocenters. The van der Waals surface area contributed by atoms with Gasteiger partial charge in [-0.05, 0) is 42.3 Å². The molecule has 19 heavy (non-hydrogen) atoms. The van der Waals surface area contributed by atoms with Crippen molar-refractivity contribution >= 4 is 16.5 Å². The first-order valence-corrected chi connectivity index (χ1v) is 7.35. The van der Waals surface area contributed by atoms with E-state index in [0.717, 1.165) is 19.6 Å². The summed E-state index contributed by atoms with van der Waals surface area (Å²) in [4.78, 5) is 2.54. The number of rotatable bonds is 1. The fourth-order valence-electron chi connectivity index (χ4n) is 3.66. The Bertz CT molecular complexity index is 622. The van der Waals surface area contributed by atoms with E-state index in [9.17, 15) is 0 Å². The largest absolute Gasteiger partial charge is 0.368 e.